The molecule has 0 aliphatic carbocycles. The Bertz CT molecular complexity index is 594. The van der Waals surface area contributed by atoms with Crippen molar-refractivity contribution in [2.45, 2.75) is 0 Å². The molecule has 1 saturated heterocycles. The van der Waals surface area contributed by atoms with Crippen molar-refractivity contribution in [2.24, 2.45) is 0 Å². The van der Waals surface area contributed by atoms with Crippen molar-refractivity contribution in [3.05, 3.63) is 17.7 Å². The van der Waals surface area contributed by atoms with Gasteiger partial charge >= 0.3 is 0 Å². The SMILES string of the molecule is COc1cc(C(=O)N2CCN(C=O)C2=S)cc(OC)c1OC. The monoisotopic (exact) mass is 324 g/mol. The first-order chi connectivity index (χ1) is 10.6. The average molecular weight is 324 g/mol. The minimum Gasteiger partial charge on any atom is -0.493 e. The number of ether oxygens (including phenoxy) is 3. The zero-order chi connectivity index (χ0) is 16.3. The van der Waals surface area contributed by atoms with Crippen LogP contribution in [0.4, 0.5) is 0 Å². The molecule has 22 heavy (non-hydrogen) atoms. The molecule has 1 aliphatic heterocycles. The fourth-order valence-corrected chi connectivity index (χ4v) is 2.51. The Labute approximate surface area is 133 Å². The lowest BCUT2D eigenvalue weighted by molar-refractivity contribution is -0.114. The summed E-state index contributed by atoms with van der Waals surface area (Å²) in [4.78, 5) is 26.1. The van der Waals surface area contributed by atoms with Crippen molar-refractivity contribution in [2.75, 3.05) is 34.4 Å². The standard InChI is InChI=1S/C14H16N2O5S/c1-19-10-6-9(7-11(20-2)12(10)21-3)13(18)16-5-4-15(8-17)14(16)22/h6-8H,4-5H2,1-3H3. The second kappa shape index (κ2) is 6.61. The van der Waals surface area contributed by atoms with Crippen LogP contribution in [0.25, 0.3) is 0 Å². The molecule has 1 aliphatic rings. The van der Waals surface area contributed by atoms with Crippen LogP contribution in [0.2, 0.25) is 0 Å². The van der Waals surface area contributed by atoms with Crippen molar-refractivity contribution in [3.63, 3.8) is 0 Å². The Morgan fingerprint density at radius 1 is 1.14 bits per heavy atom. The Hall–Kier alpha value is -2.35. The van der Waals surface area contributed by atoms with Crippen molar-refractivity contribution in [1.82, 2.24) is 9.80 Å². The molecule has 0 atom stereocenters. The minimum absolute atomic E-state index is 0.189. The van der Waals surface area contributed by atoms with Gasteiger partial charge in [0.05, 0.1) is 21.3 Å². The summed E-state index contributed by atoms with van der Waals surface area (Å²) in [7, 11) is 4.43. The van der Waals surface area contributed by atoms with E-state index < -0.39 is 0 Å². The molecule has 0 bridgehead atoms. The fraction of sp³-hybridized carbons (Fsp3) is 0.357. The van der Waals surface area contributed by atoms with E-state index in [0.29, 0.717) is 42.3 Å². The van der Waals surface area contributed by atoms with Crippen LogP contribution in [0.15, 0.2) is 12.1 Å². The molecule has 1 fully saturated rings. The van der Waals surface area contributed by atoms with Crippen molar-refractivity contribution >= 4 is 29.6 Å². The second-order valence-corrected chi connectivity index (χ2v) is 4.82. The number of amides is 2. The largest absolute Gasteiger partial charge is 0.493 e. The van der Waals surface area contributed by atoms with Gasteiger partial charge in [-0.15, -0.1) is 0 Å². The number of hydrogen-bond donors (Lipinski definition) is 0. The number of thiocarbonyl (C=S) groups is 1. The molecule has 0 spiro atoms. The van der Waals surface area contributed by atoms with Crippen LogP contribution in [-0.2, 0) is 4.79 Å². The van der Waals surface area contributed by atoms with E-state index >= 15 is 0 Å². The molecule has 118 valence electrons. The third-order valence-corrected chi connectivity index (χ3v) is 3.78. The predicted octanol–water partition coefficient (Wildman–Crippen LogP) is 0.911. The molecule has 8 heteroatoms. The van der Waals surface area contributed by atoms with Crippen LogP contribution in [0.3, 0.4) is 0 Å². The van der Waals surface area contributed by atoms with Gasteiger partial charge in [-0.3, -0.25) is 19.4 Å². The maximum absolute atomic E-state index is 12.6. The summed E-state index contributed by atoms with van der Waals surface area (Å²) in [6.07, 6.45) is 0.616. The zero-order valence-corrected chi connectivity index (χ0v) is 13.3. The Morgan fingerprint density at radius 3 is 2.14 bits per heavy atom. The first-order valence-corrected chi connectivity index (χ1v) is 6.86. The molecule has 2 amide bonds. The summed E-state index contributed by atoms with van der Waals surface area (Å²) >= 11 is 5.12. The zero-order valence-electron chi connectivity index (χ0n) is 12.5. The van der Waals surface area contributed by atoms with Crippen LogP contribution < -0.4 is 14.2 Å². The molecule has 2 rings (SSSR count). The van der Waals surface area contributed by atoms with Gasteiger partial charge in [-0.05, 0) is 24.4 Å². The van der Waals surface area contributed by atoms with Gasteiger partial charge in [0.25, 0.3) is 5.91 Å². The molecule has 0 radical (unpaired) electrons. The first kappa shape index (κ1) is 16.0. The summed E-state index contributed by atoms with van der Waals surface area (Å²) in [6.45, 7) is 0.742. The van der Waals surface area contributed by atoms with Gasteiger partial charge in [-0.2, -0.15) is 0 Å². The lowest BCUT2D eigenvalue weighted by Gasteiger charge is -2.18. The number of carbonyl (C=O) groups is 2. The highest BCUT2D eigenvalue weighted by atomic mass is 32.1. The van der Waals surface area contributed by atoms with Gasteiger partial charge in [0, 0.05) is 18.7 Å². The third kappa shape index (κ3) is 2.69. The molecule has 7 nitrogen and oxygen atoms in total. The van der Waals surface area contributed by atoms with Crippen molar-refractivity contribution < 1.29 is 23.8 Å². The van der Waals surface area contributed by atoms with Crippen LogP contribution in [-0.4, -0.2) is 61.6 Å². The summed E-state index contributed by atoms with van der Waals surface area (Å²) in [6, 6.07) is 3.10. The van der Waals surface area contributed by atoms with E-state index in [4.69, 9.17) is 26.4 Å². The van der Waals surface area contributed by atoms with Gasteiger partial charge in [-0.25, -0.2) is 0 Å². The first-order valence-electron chi connectivity index (χ1n) is 6.45. The van der Waals surface area contributed by atoms with E-state index in [9.17, 15) is 9.59 Å². The van der Waals surface area contributed by atoms with Crippen molar-refractivity contribution in [3.8, 4) is 17.2 Å². The van der Waals surface area contributed by atoms with Gasteiger partial charge in [0.2, 0.25) is 12.2 Å². The van der Waals surface area contributed by atoms with E-state index in [1.54, 1.807) is 12.1 Å². The number of methoxy groups -OCH3 is 3. The molecule has 1 aromatic carbocycles. The van der Waals surface area contributed by atoms with Crippen molar-refractivity contribution in [1.29, 1.82) is 0 Å². The fourth-order valence-electron chi connectivity index (χ4n) is 2.20. The van der Waals surface area contributed by atoms with E-state index in [-0.39, 0.29) is 11.0 Å². The summed E-state index contributed by atoms with van der Waals surface area (Å²) in [5.41, 5.74) is 0.338. The second-order valence-electron chi connectivity index (χ2n) is 4.45. The summed E-state index contributed by atoms with van der Waals surface area (Å²) < 4.78 is 15.7. The summed E-state index contributed by atoms with van der Waals surface area (Å²) in [5.74, 6) is 0.832. The van der Waals surface area contributed by atoms with Gasteiger partial charge in [0.1, 0.15) is 0 Å². The Morgan fingerprint density at radius 2 is 1.73 bits per heavy atom. The Kier molecular flexibility index (Phi) is 4.81. The molecular formula is C14H16N2O5S. The molecule has 1 heterocycles. The molecule has 1 aromatic rings. The summed E-state index contributed by atoms with van der Waals surface area (Å²) in [5, 5.41) is 0.189. The average Bonchev–Trinajstić information content (AvgIpc) is 2.93. The van der Waals surface area contributed by atoms with Gasteiger partial charge in [0.15, 0.2) is 16.6 Å². The van der Waals surface area contributed by atoms with Gasteiger partial charge < -0.3 is 14.2 Å². The Balaban J connectivity index is 2.38. The highest BCUT2D eigenvalue weighted by Gasteiger charge is 2.31. The smallest absolute Gasteiger partial charge is 0.260 e. The van der Waals surface area contributed by atoms with E-state index in [1.807, 2.05) is 0 Å². The highest BCUT2D eigenvalue weighted by Crippen LogP contribution is 2.38. The van der Waals surface area contributed by atoms with Crippen LogP contribution in [0.5, 0.6) is 17.2 Å². The van der Waals surface area contributed by atoms with Crippen LogP contribution >= 0.6 is 12.2 Å². The van der Waals surface area contributed by atoms with Crippen LogP contribution in [0.1, 0.15) is 10.4 Å². The number of hydrogen-bond acceptors (Lipinski definition) is 6. The van der Waals surface area contributed by atoms with Gasteiger partial charge in [-0.1, -0.05) is 0 Å². The van der Waals surface area contributed by atoms with E-state index in [0.717, 1.165) is 0 Å². The lowest BCUT2D eigenvalue weighted by Crippen LogP contribution is -2.35. The number of rotatable bonds is 5. The van der Waals surface area contributed by atoms with Crippen LogP contribution in [0, 0.1) is 0 Å². The topological polar surface area (TPSA) is 68.3 Å². The van der Waals surface area contributed by atoms with E-state index in [1.165, 1.54) is 31.1 Å². The maximum Gasteiger partial charge on any atom is 0.260 e. The van der Waals surface area contributed by atoms with E-state index in [2.05, 4.69) is 0 Å². The minimum atomic E-state index is -0.325. The molecule has 0 N–H and O–H groups in total. The highest BCUT2D eigenvalue weighted by molar-refractivity contribution is 7.80. The normalized spacial score (nSPS) is 14.0. The number of nitrogens with zero attached hydrogens (tertiary/aromatic N) is 2. The third-order valence-electron chi connectivity index (χ3n) is 3.33. The number of benzene rings is 1. The maximum atomic E-state index is 12.6. The molecule has 0 aromatic heterocycles. The lowest BCUT2D eigenvalue weighted by atomic mass is 10.1. The molecule has 0 unspecified atom stereocenters. The molecular weight excluding hydrogens is 308 g/mol. The quantitative estimate of drug-likeness (QED) is 0.592. The molecule has 0 saturated carbocycles. The number of carbonyl (C=O) groups excluding carboxylic acids is 2. The predicted molar refractivity (Wildman–Crippen MR) is 82.5 cm³/mol.